The maximum atomic E-state index is 13.8. The van der Waals surface area contributed by atoms with E-state index in [1.54, 1.807) is 20.8 Å². The fourth-order valence-corrected chi connectivity index (χ4v) is 7.06. The Labute approximate surface area is 166 Å². The Hall–Kier alpha value is -1.47. The number of hydrogen-bond donors (Lipinski definition) is 2. The van der Waals surface area contributed by atoms with Crippen molar-refractivity contribution >= 4 is 15.9 Å². The summed E-state index contributed by atoms with van der Waals surface area (Å²) in [5.74, 6) is 1.73. The SMILES string of the molecule is Cc1ccc(S(=O)(=O)NC(C)(C)C(=O)NC2C3CC4CC(C3)CC2C4)cc1F. The molecule has 5 rings (SSSR count). The summed E-state index contributed by atoms with van der Waals surface area (Å²) in [5, 5.41) is 3.16. The lowest BCUT2D eigenvalue weighted by molar-refractivity contribution is -0.129. The molecular formula is C21H29FN2O3S. The van der Waals surface area contributed by atoms with Crippen LogP contribution in [0.3, 0.4) is 0 Å². The lowest BCUT2D eigenvalue weighted by Crippen LogP contribution is -2.62. The van der Waals surface area contributed by atoms with Gasteiger partial charge in [0.1, 0.15) is 11.4 Å². The van der Waals surface area contributed by atoms with Crippen molar-refractivity contribution in [2.45, 2.75) is 69.4 Å². The number of rotatable bonds is 5. The van der Waals surface area contributed by atoms with Gasteiger partial charge in [-0.1, -0.05) is 6.07 Å². The number of benzene rings is 1. The largest absolute Gasteiger partial charge is 0.351 e. The van der Waals surface area contributed by atoms with Crippen molar-refractivity contribution in [3.63, 3.8) is 0 Å². The summed E-state index contributed by atoms with van der Waals surface area (Å²) in [6.45, 7) is 4.68. The van der Waals surface area contributed by atoms with Crippen LogP contribution in [0.25, 0.3) is 0 Å². The first kappa shape index (κ1) is 19.8. The molecule has 5 nitrogen and oxygen atoms in total. The van der Waals surface area contributed by atoms with E-state index in [9.17, 15) is 17.6 Å². The Kier molecular flexibility index (Phi) is 4.82. The molecule has 2 N–H and O–H groups in total. The number of nitrogens with one attached hydrogen (secondary N) is 2. The number of amides is 1. The van der Waals surface area contributed by atoms with E-state index in [0.29, 0.717) is 17.4 Å². The van der Waals surface area contributed by atoms with Gasteiger partial charge >= 0.3 is 0 Å². The van der Waals surface area contributed by atoms with Gasteiger partial charge in [0.2, 0.25) is 15.9 Å². The maximum Gasteiger partial charge on any atom is 0.241 e. The lowest BCUT2D eigenvalue weighted by Gasteiger charge is -2.54. The van der Waals surface area contributed by atoms with Gasteiger partial charge in [0.25, 0.3) is 0 Å². The summed E-state index contributed by atoms with van der Waals surface area (Å²) in [6, 6.07) is 3.91. The average molecular weight is 409 g/mol. The van der Waals surface area contributed by atoms with E-state index in [1.807, 2.05) is 0 Å². The molecule has 4 bridgehead atoms. The van der Waals surface area contributed by atoms with Crippen LogP contribution in [0.1, 0.15) is 51.5 Å². The molecule has 1 aromatic carbocycles. The Balaban J connectivity index is 1.47. The molecule has 1 aromatic rings. The van der Waals surface area contributed by atoms with Crippen LogP contribution in [0, 0.1) is 36.4 Å². The van der Waals surface area contributed by atoms with E-state index in [0.717, 1.165) is 17.9 Å². The predicted molar refractivity (Wildman–Crippen MR) is 105 cm³/mol. The average Bonchev–Trinajstić information content (AvgIpc) is 2.58. The monoisotopic (exact) mass is 408 g/mol. The molecule has 7 heteroatoms. The zero-order valence-corrected chi connectivity index (χ0v) is 17.5. The van der Waals surface area contributed by atoms with Crippen molar-refractivity contribution in [3.05, 3.63) is 29.6 Å². The summed E-state index contributed by atoms with van der Waals surface area (Å²) < 4.78 is 41.7. The van der Waals surface area contributed by atoms with E-state index in [2.05, 4.69) is 10.0 Å². The predicted octanol–water partition coefficient (Wildman–Crippen LogP) is 3.13. The quantitative estimate of drug-likeness (QED) is 0.786. The second-order valence-corrected chi connectivity index (χ2v) is 11.3. The van der Waals surface area contributed by atoms with Crippen LogP contribution in [0.15, 0.2) is 23.1 Å². The molecule has 0 radical (unpaired) electrons. The van der Waals surface area contributed by atoms with Gasteiger partial charge in [-0.15, -0.1) is 0 Å². The fourth-order valence-electron chi connectivity index (χ4n) is 5.67. The van der Waals surface area contributed by atoms with E-state index in [1.165, 1.54) is 44.2 Å². The second kappa shape index (κ2) is 6.80. The molecule has 28 heavy (non-hydrogen) atoms. The van der Waals surface area contributed by atoms with E-state index >= 15 is 0 Å². The number of hydrogen-bond acceptors (Lipinski definition) is 3. The molecule has 4 saturated carbocycles. The molecular weight excluding hydrogens is 379 g/mol. The smallest absolute Gasteiger partial charge is 0.241 e. The molecule has 154 valence electrons. The minimum atomic E-state index is -4.01. The maximum absolute atomic E-state index is 13.8. The van der Waals surface area contributed by atoms with E-state index in [-0.39, 0.29) is 16.8 Å². The Morgan fingerprint density at radius 2 is 1.64 bits per heavy atom. The molecule has 0 aliphatic heterocycles. The van der Waals surface area contributed by atoms with Crippen LogP contribution in [0.4, 0.5) is 4.39 Å². The van der Waals surface area contributed by atoms with Crippen LogP contribution in [0.2, 0.25) is 0 Å². The first-order valence-corrected chi connectivity index (χ1v) is 11.6. The number of sulfonamides is 1. The Morgan fingerprint density at radius 3 is 2.18 bits per heavy atom. The van der Waals surface area contributed by atoms with Gasteiger partial charge in [-0.05, 0) is 94.2 Å². The van der Waals surface area contributed by atoms with Crippen LogP contribution < -0.4 is 10.0 Å². The standard InChI is InChI=1S/C21H29FN2O3S/c1-12-4-5-17(11-18(12)22)28(26,27)24-21(2,3)20(25)23-19-15-7-13-6-14(9-15)10-16(19)8-13/h4-5,11,13-16,19,24H,6-10H2,1-3H3,(H,23,25). The molecule has 1 amide bonds. The minimum Gasteiger partial charge on any atom is -0.351 e. The number of carbonyl (C=O) groups is 1. The third-order valence-corrected chi connectivity index (χ3v) is 8.59. The topological polar surface area (TPSA) is 75.3 Å². The first-order chi connectivity index (χ1) is 13.0. The van der Waals surface area contributed by atoms with Gasteiger partial charge in [0.05, 0.1) is 4.90 Å². The molecule has 0 unspecified atom stereocenters. The lowest BCUT2D eigenvalue weighted by atomic mass is 9.54. The van der Waals surface area contributed by atoms with Crippen molar-refractivity contribution in [2.24, 2.45) is 23.7 Å². The highest BCUT2D eigenvalue weighted by Gasteiger charge is 2.49. The zero-order chi connectivity index (χ0) is 20.3. The molecule has 4 fully saturated rings. The summed E-state index contributed by atoms with van der Waals surface area (Å²) in [5.41, 5.74) is -0.952. The summed E-state index contributed by atoms with van der Waals surface area (Å²) in [7, 11) is -4.01. The highest BCUT2D eigenvalue weighted by Crippen LogP contribution is 2.53. The molecule has 4 aliphatic carbocycles. The number of halogens is 1. The number of aryl methyl sites for hydroxylation is 1. The minimum absolute atomic E-state index is 0.140. The molecule has 0 saturated heterocycles. The van der Waals surface area contributed by atoms with E-state index in [4.69, 9.17) is 0 Å². The van der Waals surface area contributed by atoms with Crippen LogP contribution in [-0.4, -0.2) is 25.9 Å². The van der Waals surface area contributed by atoms with Crippen molar-refractivity contribution in [1.29, 1.82) is 0 Å². The third kappa shape index (κ3) is 3.59. The fraction of sp³-hybridized carbons (Fsp3) is 0.667. The molecule has 0 heterocycles. The van der Waals surface area contributed by atoms with Gasteiger partial charge in [-0.3, -0.25) is 4.79 Å². The van der Waals surface area contributed by atoms with Crippen molar-refractivity contribution in [3.8, 4) is 0 Å². The molecule has 0 aromatic heterocycles. The molecule has 0 atom stereocenters. The summed E-state index contributed by atoms with van der Waals surface area (Å²) in [6.07, 6.45) is 6.03. The molecule has 0 spiro atoms. The van der Waals surface area contributed by atoms with Crippen LogP contribution in [0.5, 0.6) is 0 Å². The summed E-state index contributed by atoms with van der Waals surface area (Å²) in [4.78, 5) is 12.8. The Morgan fingerprint density at radius 1 is 1.07 bits per heavy atom. The van der Waals surface area contributed by atoms with Gasteiger partial charge < -0.3 is 5.32 Å². The van der Waals surface area contributed by atoms with Crippen molar-refractivity contribution < 1.29 is 17.6 Å². The third-order valence-electron chi connectivity index (χ3n) is 6.94. The van der Waals surface area contributed by atoms with Gasteiger partial charge in [0, 0.05) is 6.04 Å². The second-order valence-electron chi connectivity index (χ2n) is 9.57. The van der Waals surface area contributed by atoms with Gasteiger partial charge in [-0.25, -0.2) is 12.8 Å². The first-order valence-electron chi connectivity index (χ1n) is 10.2. The van der Waals surface area contributed by atoms with Crippen molar-refractivity contribution in [1.82, 2.24) is 10.0 Å². The van der Waals surface area contributed by atoms with Crippen LogP contribution in [-0.2, 0) is 14.8 Å². The number of carbonyl (C=O) groups excluding carboxylic acids is 1. The normalized spacial score (nSPS) is 31.8. The Bertz CT molecular complexity index is 869. The van der Waals surface area contributed by atoms with Crippen molar-refractivity contribution in [2.75, 3.05) is 0 Å². The van der Waals surface area contributed by atoms with Crippen LogP contribution >= 0.6 is 0 Å². The zero-order valence-electron chi connectivity index (χ0n) is 16.7. The summed E-state index contributed by atoms with van der Waals surface area (Å²) >= 11 is 0. The highest BCUT2D eigenvalue weighted by atomic mass is 32.2. The highest BCUT2D eigenvalue weighted by molar-refractivity contribution is 7.89. The molecule has 4 aliphatic rings. The van der Waals surface area contributed by atoms with Gasteiger partial charge in [-0.2, -0.15) is 4.72 Å². The van der Waals surface area contributed by atoms with Gasteiger partial charge in [0.15, 0.2) is 0 Å². The van der Waals surface area contributed by atoms with E-state index < -0.39 is 21.4 Å².